The molecule has 0 aliphatic heterocycles. The third-order valence-corrected chi connectivity index (χ3v) is 6.28. The van der Waals surface area contributed by atoms with E-state index in [-0.39, 0.29) is 0 Å². The van der Waals surface area contributed by atoms with Crippen LogP contribution in [-0.2, 0) is 25.7 Å². The average Bonchev–Trinajstić information content (AvgIpc) is 2.78. The van der Waals surface area contributed by atoms with Gasteiger partial charge in [-0.2, -0.15) is 0 Å². The first-order valence-corrected chi connectivity index (χ1v) is 10.2. The minimum Gasteiger partial charge on any atom is -0.256 e. The lowest BCUT2D eigenvalue weighted by atomic mass is 9.75. The number of benzene rings is 3. The van der Waals surface area contributed by atoms with Crippen molar-refractivity contribution in [1.29, 1.82) is 0 Å². The van der Waals surface area contributed by atoms with Gasteiger partial charge in [-0.15, -0.1) is 0 Å². The molecule has 2 aliphatic rings. The Morgan fingerprint density at radius 1 is 0.500 bits per heavy atom. The fourth-order valence-corrected chi connectivity index (χ4v) is 4.96. The molecular formula is C27H21N. The van der Waals surface area contributed by atoms with Gasteiger partial charge < -0.3 is 0 Å². The highest BCUT2D eigenvalue weighted by Gasteiger charge is 2.26. The molecule has 1 nitrogen and oxygen atoms in total. The summed E-state index contributed by atoms with van der Waals surface area (Å²) in [7, 11) is 0. The summed E-state index contributed by atoms with van der Waals surface area (Å²) in [6, 6.07) is 26.5. The van der Waals surface area contributed by atoms with Crippen LogP contribution >= 0.6 is 0 Å². The van der Waals surface area contributed by atoms with Crippen molar-refractivity contribution in [3.63, 3.8) is 0 Å². The molecule has 1 heteroatoms. The maximum atomic E-state index is 4.72. The van der Waals surface area contributed by atoms with Crippen molar-refractivity contribution in [1.82, 2.24) is 4.98 Å². The highest BCUT2D eigenvalue weighted by Crippen LogP contribution is 2.44. The molecule has 0 N–H and O–H groups in total. The van der Waals surface area contributed by atoms with Crippen LogP contribution in [0.15, 0.2) is 79.0 Å². The predicted octanol–water partition coefficient (Wildman–Crippen LogP) is 6.28. The maximum absolute atomic E-state index is 4.72. The van der Waals surface area contributed by atoms with Crippen LogP contribution in [0, 0.1) is 0 Å². The largest absolute Gasteiger partial charge is 0.256 e. The van der Waals surface area contributed by atoms with E-state index in [2.05, 4.69) is 72.8 Å². The predicted molar refractivity (Wildman–Crippen MR) is 115 cm³/mol. The van der Waals surface area contributed by atoms with Gasteiger partial charge in [0.1, 0.15) is 0 Å². The average molecular weight is 359 g/mol. The van der Waals surface area contributed by atoms with E-state index in [4.69, 9.17) is 4.98 Å². The minimum absolute atomic E-state index is 1.07. The second-order valence-electron chi connectivity index (χ2n) is 7.92. The van der Waals surface area contributed by atoms with E-state index in [1.165, 1.54) is 50.1 Å². The molecule has 0 saturated heterocycles. The van der Waals surface area contributed by atoms with Gasteiger partial charge in [0, 0.05) is 11.8 Å². The van der Waals surface area contributed by atoms with E-state index in [1.54, 1.807) is 0 Å². The Kier molecular flexibility index (Phi) is 3.49. The Morgan fingerprint density at radius 2 is 1.14 bits per heavy atom. The van der Waals surface area contributed by atoms with E-state index < -0.39 is 0 Å². The molecule has 0 fully saturated rings. The number of hydrogen-bond donors (Lipinski definition) is 0. The zero-order valence-corrected chi connectivity index (χ0v) is 15.8. The van der Waals surface area contributed by atoms with Crippen molar-refractivity contribution in [2.24, 2.45) is 0 Å². The summed E-state index contributed by atoms with van der Waals surface area (Å²) in [5, 5.41) is 0. The lowest BCUT2D eigenvalue weighted by Crippen LogP contribution is -2.14. The standard InChI is InChI=1S/C27H21N/c1-2-5-18(6-3-1)21-13-14-28-25(17-21)24-15-22-11-9-19-7-4-8-20-10-12-23(16-24)27(22)26(19)20/h1-8,13-17H,9-12H2. The Bertz CT molecular complexity index is 1160. The Balaban J connectivity index is 1.50. The summed E-state index contributed by atoms with van der Waals surface area (Å²) in [4.78, 5) is 4.72. The zero-order chi connectivity index (χ0) is 18.5. The van der Waals surface area contributed by atoms with Crippen LogP contribution in [0.5, 0.6) is 0 Å². The van der Waals surface area contributed by atoms with Crippen LogP contribution in [0.2, 0.25) is 0 Å². The lowest BCUT2D eigenvalue weighted by molar-refractivity contribution is 0.877. The fraction of sp³-hybridized carbons (Fsp3) is 0.148. The minimum atomic E-state index is 1.07. The first kappa shape index (κ1) is 15.8. The van der Waals surface area contributed by atoms with Crippen LogP contribution in [0.3, 0.4) is 0 Å². The summed E-state index contributed by atoms with van der Waals surface area (Å²) >= 11 is 0. The van der Waals surface area contributed by atoms with Gasteiger partial charge in [0.05, 0.1) is 5.69 Å². The molecule has 0 unspecified atom stereocenters. The highest BCUT2D eigenvalue weighted by atomic mass is 14.7. The molecule has 28 heavy (non-hydrogen) atoms. The van der Waals surface area contributed by atoms with Crippen LogP contribution in [0.4, 0.5) is 0 Å². The van der Waals surface area contributed by atoms with Gasteiger partial charge >= 0.3 is 0 Å². The van der Waals surface area contributed by atoms with Crippen LogP contribution in [-0.4, -0.2) is 4.98 Å². The summed E-state index contributed by atoms with van der Waals surface area (Å²) in [6.45, 7) is 0. The molecule has 0 spiro atoms. The van der Waals surface area contributed by atoms with Gasteiger partial charge in [-0.3, -0.25) is 4.98 Å². The molecule has 0 saturated carbocycles. The second-order valence-corrected chi connectivity index (χ2v) is 7.92. The molecule has 4 aromatic rings. The third-order valence-electron chi connectivity index (χ3n) is 6.28. The van der Waals surface area contributed by atoms with Crippen molar-refractivity contribution < 1.29 is 0 Å². The van der Waals surface area contributed by atoms with Crippen molar-refractivity contribution in [2.45, 2.75) is 25.7 Å². The van der Waals surface area contributed by atoms with Gasteiger partial charge in [-0.05, 0) is 94.5 Å². The normalized spacial score (nSPS) is 13.9. The molecule has 3 aromatic carbocycles. The van der Waals surface area contributed by atoms with E-state index in [0.29, 0.717) is 0 Å². The number of aryl methyl sites for hydroxylation is 4. The van der Waals surface area contributed by atoms with Gasteiger partial charge in [0.15, 0.2) is 0 Å². The first-order chi connectivity index (χ1) is 13.9. The Labute approximate surface area is 165 Å². The SMILES string of the molecule is c1ccc(-c2ccnc(-c3cc4c5c(c3)CCc3cccc(c3-5)CC4)c2)cc1. The number of pyridine rings is 1. The van der Waals surface area contributed by atoms with Crippen LogP contribution in [0.25, 0.3) is 33.5 Å². The summed E-state index contributed by atoms with van der Waals surface area (Å²) in [6.07, 6.45) is 6.50. The topological polar surface area (TPSA) is 12.9 Å². The molecule has 0 radical (unpaired) electrons. The van der Waals surface area contributed by atoms with Gasteiger partial charge in [0.25, 0.3) is 0 Å². The van der Waals surface area contributed by atoms with Crippen molar-refractivity contribution in [3.05, 3.63) is 101 Å². The zero-order valence-electron chi connectivity index (χ0n) is 15.8. The number of hydrogen-bond acceptors (Lipinski definition) is 1. The van der Waals surface area contributed by atoms with E-state index >= 15 is 0 Å². The number of nitrogens with zero attached hydrogens (tertiary/aromatic N) is 1. The first-order valence-electron chi connectivity index (χ1n) is 10.2. The lowest BCUT2D eigenvalue weighted by Gasteiger charge is -2.30. The number of aromatic nitrogens is 1. The summed E-state index contributed by atoms with van der Waals surface area (Å²) in [5.41, 5.74) is 13.9. The molecule has 0 atom stereocenters. The Morgan fingerprint density at radius 3 is 1.86 bits per heavy atom. The summed E-state index contributed by atoms with van der Waals surface area (Å²) in [5.74, 6) is 0. The van der Waals surface area contributed by atoms with Crippen LogP contribution < -0.4 is 0 Å². The van der Waals surface area contributed by atoms with Gasteiger partial charge in [-0.25, -0.2) is 0 Å². The molecule has 6 rings (SSSR count). The molecule has 0 bridgehead atoms. The Hall–Kier alpha value is -3.19. The smallest absolute Gasteiger partial charge is 0.0708 e. The van der Waals surface area contributed by atoms with Gasteiger partial charge in [0.2, 0.25) is 0 Å². The molecule has 0 amide bonds. The molecule has 2 aliphatic carbocycles. The fourth-order valence-electron chi connectivity index (χ4n) is 4.96. The molecular weight excluding hydrogens is 338 g/mol. The molecule has 1 heterocycles. The van der Waals surface area contributed by atoms with Crippen LogP contribution in [0.1, 0.15) is 22.3 Å². The molecule has 1 aromatic heterocycles. The van der Waals surface area contributed by atoms with E-state index in [9.17, 15) is 0 Å². The van der Waals surface area contributed by atoms with Crippen molar-refractivity contribution >= 4 is 0 Å². The van der Waals surface area contributed by atoms with E-state index in [0.717, 1.165) is 31.4 Å². The van der Waals surface area contributed by atoms with Gasteiger partial charge in [-0.1, -0.05) is 48.5 Å². The quantitative estimate of drug-likeness (QED) is 0.410. The van der Waals surface area contributed by atoms with E-state index in [1.807, 2.05) is 6.20 Å². The second kappa shape index (κ2) is 6.17. The van der Waals surface area contributed by atoms with Crippen molar-refractivity contribution in [3.8, 4) is 33.5 Å². The molecule has 134 valence electrons. The number of rotatable bonds is 2. The summed E-state index contributed by atoms with van der Waals surface area (Å²) < 4.78 is 0. The van der Waals surface area contributed by atoms with Crippen molar-refractivity contribution in [2.75, 3.05) is 0 Å². The highest BCUT2D eigenvalue weighted by molar-refractivity contribution is 5.84. The maximum Gasteiger partial charge on any atom is 0.0708 e. The monoisotopic (exact) mass is 359 g/mol. The third kappa shape index (κ3) is 2.43.